The van der Waals surface area contributed by atoms with Gasteiger partial charge in [-0.1, -0.05) is 5.10 Å². The van der Waals surface area contributed by atoms with Gasteiger partial charge >= 0.3 is 6.01 Å². The first-order chi connectivity index (χ1) is 7.35. The van der Waals surface area contributed by atoms with E-state index < -0.39 is 0 Å². The molecule has 2 heterocycles. The molecule has 1 N–H and O–H groups in total. The predicted molar refractivity (Wildman–Crippen MR) is 59.4 cm³/mol. The van der Waals surface area contributed by atoms with Crippen LogP contribution in [0.3, 0.4) is 0 Å². The van der Waals surface area contributed by atoms with Crippen molar-refractivity contribution in [3.63, 3.8) is 0 Å². The maximum atomic E-state index is 9.22. The van der Waals surface area contributed by atoms with E-state index in [-0.39, 0.29) is 18.5 Å². The van der Waals surface area contributed by atoms with Crippen molar-refractivity contribution < 1.29 is 9.52 Å². The first kappa shape index (κ1) is 11.0. The number of aliphatic hydroxyl groups is 1. The third-order valence-corrected chi connectivity index (χ3v) is 3.57. The minimum Gasteiger partial charge on any atom is -0.407 e. The Morgan fingerprint density at radius 2 is 2.47 bits per heavy atom. The van der Waals surface area contributed by atoms with E-state index in [0.717, 1.165) is 18.1 Å². The first-order valence-electron chi connectivity index (χ1n) is 4.68. The number of rotatable bonds is 3. The molecule has 1 aliphatic rings. The van der Waals surface area contributed by atoms with Crippen molar-refractivity contribution in [3.8, 4) is 0 Å². The van der Waals surface area contributed by atoms with Crippen LogP contribution in [0, 0.1) is 0 Å². The van der Waals surface area contributed by atoms with Crippen molar-refractivity contribution in [2.24, 2.45) is 0 Å². The molecule has 1 atom stereocenters. The van der Waals surface area contributed by atoms with Crippen LogP contribution in [0.15, 0.2) is 4.42 Å². The molecule has 15 heavy (non-hydrogen) atoms. The number of anilines is 1. The van der Waals surface area contributed by atoms with Gasteiger partial charge in [0.25, 0.3) is 0 Å². The van der Waals surface area contributed by atoms with Gasteiger partial charge in [0.1, 0.15) is 5.88 Å². The van der Waals surface area contributed by atoms with Gasteiger partial charge in [-0.2, -0.15) is 11.8 Å². The van der Waals surface area contributed by atoms with Crippen molar-refractivity contribution in [1.29, 1.82) is 0 Å². The van der Waals surface area contributed by atoms with Crippen LogP contribution < -0.4 is 4.90 Å². The molecule has 1 aromatic heterocycles. The summed E-state index contributed by atoms with van der Waals surface area (Å²) in [5.41, 5.74) is 0. The summed E-state index contributed by atoms with van der Waals surface area (Å²) in [6.45, 7) is 0.922. The number of aliphatic hydroxyl groups excluding tert-OH is 1. The minimum absolute atomic E-state index is 0.0624. The average Bonchev–Trinajstić information content (AvgIpc) is 2.77. The van der Waals surface area contributed by atoms with Crippen LogP contribution >= 0.6 is 23.4 Å². The highest BCUT2D eigenvalue weighted by atomic mass is 35.5. The quantitative estimate of drug-likeness (QED) is 0.797. The second-order valence-corrected chi connectivity index (χ2v) is 4.63. The summed E-state index contributed by atoms with van der Waals surface area (Å²) in [5, 5.41) is 16.9. The summed E-state index contributed by atoms with van der Waals surface area (Å²) >= 11 is 7.40. The van der Waals surface area contributed by atoms with Gasteiger partial charge in [-0.3, -0.25) is 0 Å². The second kappa shape index (κ2) is 5.05. The lowest BCUT2D eigenvalue weighted by Gasteiger charge is -2.32. The normalized spacial score (nSPS) is 22.0. The Bertz CT molecular complexity index is 323. The Hall–Kier alpha value is -0.460. The lowest BCUT2D eigenvalue weighted by Crippen LogP contribution is -2.44. The Balaban J connectivity index is 2.12. The average molecular weight is 250 g/mol. The molecule has 1 unspecified atom stereocenters. The third kappa shape index (κ3) is 2.38. The fourth-order valence-electron chi connectivity index (χ4n) is 1.47. The second-order valence-electron chi connectivity index (χ2n) is 3.22. The van der Waals surface area contributed by atoms with Crippen molar-refractivity contribution >= 4 is 29.4 Å². The van der Waals surface area contributed by atoms with Gasteiger partial charge in [0.05, 0.1) is 12.6 Å². The van der Waals surface area contributed by atoms with Crippen LogP contribution in [0.25, 0.3) is 0 Å². The van der Waals surface area contributed by atoms with Gasteiger partial charge < -0.3 is 14.4 Å². The fraction of sp³-hybridized carbons (Fsp3) is 0.750. The van der Waals surface area contributed by atoms with Crippen LogP contribution in [0.4, 0.5) is 6.01 Å². The summed E-state index contributed by atoms with van der Waals surface area (Å²) < 4.78 is 5.36. The Morgan fingerprint density at radius 3 is 3.13 bits per heavy atom. The van der Waals surface area contributed by atoms with Gasteiger partial charge in [0, 0.05) is 18.1 Å². The molecule has 1 saturated heterocycles. The number of hydrogen-bond acceptors (Lipinski definition) is 6. The monoisotopic (exact) mass is 249 g/mol. The van der Waals surface area contributed by atoms with Crippen molar-refractivity contribution in [1.82, 2.24) is 10.2 Å². The standard InChI is InChI=1S/C8H12ClN3O2S/c9-3-7-10-11-8(14-7)12-1-2-15-5-6(12)4-13/h6,13H,1-5H2. The zero-order chi connectivity index (χ0) is 10.7. The van der Waals surface area contributed by atoms with E-state index in [2.05, 4.69) is 10.2 Å². The van der Waals surface area contributed by atoms with Crippen LogP contribution in [-0.2, 0) is 5.88 Å². The molecule has 0 amide bonds. The van der Waals surface area contributed by atoms with E-state index in [0.29, 0.717) is 11.9 Å². The summed E-state index contributed by atoms with van der Waals surface area (Å²) in [4.78, 5) is 1.94. The van der Waals surface area contributed by atoms with E-state index in [1.807, 2.05) is 16.7 Å². The van der Waals surface area contributed by atoms with Crippen molar-refractivity contribution in [2.75, 3.05) is 29.6 Å². The molecule has 0 spiro atoms. The van der Waals surface area contributed by atoms with Gasteiger partial charge in [0.15, 0.2) is 0 Å². The number of thioether (sulfide) groups is 1. The topological polar surface area (TPSA) is 62.4 Å². The molecule has 0 aromatic carbocycles. The molecule has 5 nitrogen and oxygen atoms in total. The maximum absolute atomic E-state index is 9.22. The Kier molecular flexibility index (Phi) is 3.71. The van der Waals surface area contributed by atoms with E-state index >= 15 is 0 Å². The van der Waals surface area contributed by atoms with E-state index in [9.17, 15) is 5.11 Å². The highest BCUT2D eigenvalue weighted by molar-refractivity contribution is 7.99. The summed E-state index contributed by atoms with van der Waals surface area (Å²) in [6, 6.07) is 0.525. The highest BCUT2D eigenvalue weighted by Gasteiger charge is 2.26. The van der Waals surface area contributed by atoms with E-state index in [1.54, 1.807) is 0 Å². The van der Waals surface area contributed by atoms with Crippen molar-refractivity contribution in [3.05, 3.63) is 5.89 Å². The SMILES string of the molecule is OCC1CSCCN1c1nnc(CCl)o1. The predicted octanol–water partition coefficient (Wildman–Crippen LogP) is 0.722. The van der Waals surface area contributed by atoms with E-state index in [1.165, 1.54) is 0 Å². The number of alkyl halides is 1. The van der Waals surface area contributed by atoms with Crippen LogP contribution in [0.1, 0.15) is 5.89 Å². The molecule has 2 rings (SSSR count). The molecular weight excluding hydrogens is 238 g/mol. The molecule has 0 radical (unpaired) electrons. The molecule has 7 heteroatoms. The summed E-state index contributed by atoms with van der Waals surface area (Å²) in [6.07, 6.45) is 0. The molecule has 1 fully saturated rings. The summed E-state index contributed by atoms with van der Waals surface area (Å²) in [5.74, 6) is 2.53. The van der Waals surface area contributed by atoms with Gasteiger partial charge in [-0.05, 0) is 0 Å². The van der Waals surface area contributed by atoms with Gasteiger partial charge in [0.2, 0.25) is 5.89 Å². The number of hydrogen-bond donors (Lipinski definition) is 1. The van der Waals surface area contributed by atoms with Crippen LogP contribution in [-0.4, -0.2) is 46.0 Å². The molecule has 1 aromatic rings. The third-order valence-electron chi connectivity index (χ3n) is 2.25. The highest BCUT2D eigenvalue weighted by Crippen LogP contribution is 2.22. The zero-order valence-electron chi connectivity index (χ0n) is 8.10. The molecular formula is C8H12ClN3O2S. The molecule has 0 bridgehead atoms. The molecule has 1 aliphatic heterocycles. The van der Waals surface area contributed by atoms with Crippen LogP contribution in [0.2, 0.25) is 0 Å². The van der Waals surface area contributed by atoms with Gasteiger partial charge in [-0.15, -0.1) is 16.7 Å². The number of halogens is 1. The molecule has 0 aliphatic carbocycles. The lowest BCUT2D eigenvalue weighted by molar-refractivity contribution is 0.264. The van der Waals surface area contributed by atoms with E-state index in [4.69, 9.17) is 16.0 Å². The fourth-order valence-corrected chi connectivity index (χ4v) is 2.63. The first-order valence-corrected chi connectivity index (χ1v) is 6.37. The minimum atomic E-state index is 0.0624. The summed E-state index contributed by atoms with van der Waals surface area (Å²) in [7, 11) is 0. The number of nitrogens with zero attached hydrogens (tertiary/aromatic N) is 3. The smallest absolute Gasteiger partial charge is 0.318 e. The largest absolute Gasteiger partial charge is 0.407 e. The Morgan fingerprint density at radius 1 is 1.60 bits per heavy atom. The zero-order valence-corrected chi connectivity index (χ0v) is 9.67. The van der Waals surface area contributed by atoms with Gasteiger partial charge in [-0.25, -0.2) is 0 Å². The number of aromatic nitrogens is 2. The molecule has 84 valence electrons. The molecule has 0 saturated carbocycles. The lowest BCUT2D eigenvalue weighted by atomic mass is 10.3. The van der Waals surface area contributed by atoms with Crippen molar-refractivity contribution in [2.45, 2.75) is 11.9 Å². The maximum Gasteiger partial charge on any atom is 0.318 e. The Labute approximate surface area is 96.8 Å². The van der Waals surface area contributed by atoms with Crippen LogP contribution in [0.5, 0.6) is 0 Å².